The van der Waals surface area contributed by atoms with Gasteiger partial charge in [-0.15, -0.1) is 0 Å². The number of nitrogens with zero attached hydrogens (tertiary/aromatic N) is 1. The molecule has 0 aliphatic carbocycles. The second-order valence-corrected chi connectivity index (χ2v) is 2.43. The van der Waals surface area contributed by atoms with E-state index >= 15 is 0 Å². The second-order valence-electron chi connectivity index (χ2n) is 2.43. The lowest BCUT2D eigenvalue weighted by atomic mass is 10.4. The SMILES string of the molecule is NCCNc1c(N)nc(N)[nH]c1=O. The van der Waals surface area contributed by atoms with E-state index in [1.165, 1.54) is 0 Å². The molecule has 0 aliphatic heterocycles. The van der Waals surface area contributed by atoms with Crippen LogP contribution in [0.5, 0.6) is 0 Å². The Kier molecular flexibility index (Phi) is 2.70. The lowest BCUT2D eigenvalue weighted by Crippen LogP contribution is -2.22. The van der Waals surface area contributed by atoms with E-state index in [1.54, 1.807) is 0 Å². The number of nitrogen functional groups attached to an aromatic ring is 2. The fraction of sp³-hybridized carbons (Fsp3) is 0.333. The van der Waals surface area contributed by atoms with Crippen molar-refractivity contribution >= 4 is 17.5 Å². The van der Waals surface area contributed by atoms with Gasteiger partial charge in [0.25, 0.3) is 5.56 Å². The number of hydrogen-bond acceptors (Lipinski definition) is 6. The highest BCUT2D eigenvalue weighted by Gasteiger charge is 2.05. The number of H-pyrrole nitrogens is 1. The Hall–Kier alpha value is -1.76. The summed E-state index contributed by atoms with van der Waals surface area (Å²) in [5.74, 6) is 0.0792. The van der Waals surface area contributed by atoms with Crippen LogP contribution in [0.3, 0.4) is 0 Å². The molecular weight excluding hydrogens is 172 g/mol. The van der Waals surface area contributed by atoms with Crippen molar-refractivity contribution in [1.29, 1.82) is 0 Å². The minimum atomic E-state index is -0.390. The molecule has 0 unspecified atom stereocenters. The standard InChI is InChI=1S/C6H12N6O/c7-1-2-10-3-4(8)11-6(9)12-5(3)13/h10H,1-2,7H2,(H5,8,9,11,12,13). The molecule has 1 aromatic heterocycles. The Morgan fingerprint density at radius 2 is 2.15 bits per heavy atom. The van der Waals surface area contributed by atoms with Gasteiger partial charge in [0.15, 0.2) is 5.82 Å². The maximum absolute atomic E-state index is 11.2. The largest absolute Gasteiger partial charge is 0.382 e. The summed E-state index contributed by atoms with van der Waals surface area (Å²) in [6.07, 6.45) is 0. The molecule has 0 aliphatic rings. The molecule has 0 amide bonds. The summed E-state index contributed by atoms with van der Waals surface area (Å²) < 4.78 is 0. The van der Waals surface area contributed by atoms with Gasteiger partial charge < -0.3 is 22.5 Å². The van der Waals surface area contributed by atoms with Crippen molar-refractivity contribution in [2.75, 3.05) is 29.9 Å². The quantitative estimate of drug-likeness (QED) is 0.380. The van der Waals surface area contributed by atoms with E-state index in [2.05, 4.69) is 15.3 Å². The van der Waals surface area contributed by atoms with Gasteiger partial charge in [0.05, 0.1) is 0 Å². The first-order valence-corrected chi connectivity index (χ1v) is 3.74. The Balaban J connectivity index is 2.99. The summed E-state index contributed by atoms with van der Waals surface area (Å²) in [6, 6.07) is 0. The first-order chi connectivity index (χ1) is 6.15. The third-order valence-corrected chi connectivity index (χ3v) is 1.41. The van der Waals surface area contributed by atoms with E-state index in [4.69, 9.17) is 17.2 Å². The van der Waals surface area contributed by atoms with Gasteiger partial charge in [-0.3, -0.25) is 9.78 Å². The molecule has 7 nitrogen and oxygen atoms in total. The van der Waals surface area contributed by atoms with Gasteiger partial charge in [0.1, 0.15) is 5.69 Å². The topological polar surface area (TPSA) is 136 Å². The average Bonchev–Trinajstić information content (AvgIpc) is 2.02. The fourth-order valence-corrected chi connectivity index (χ4v) is 0.877. The molecule has 0 radical (unpaired) electrons. The minimum Gasteiger partial charge on any atom is -0.382 e. The molecule has 72 valence electrons. The Morgan fingerprint density at radius 3 is 2.69 bits per heavy atom. The molecule has 0 spiro atoms. The van der Waals surface area contributed by atoms with Crippen molar-refractivity contribution in [2.24, 2.45) is 5.73 Å². The van der Waals surface area contributed by atoms with Crippen molar-refractivity contribution in [3.63, 3.8) is 0 Å². The maximum atomic E-state index is 11.2. The van der Waals surface area contributed by atoms with Crippen LogP contribution in [-0.4, -0.2) is 23.1 Å². The summed E-state index contributed by atoms with van der Waals surface area (Å²) in [7, 11) is 0. The van der Waals surface area contributed by atoms with E-state index in [-0.39, 0.29) is 17.5 Å². The first-order valence-electron chi connectivity index (χ1n) is 3.74. The normalized spacial score (nSPS) is 9.92. The van der Waals surface area contributed by atoms with Gasteiger partial charge in [-0.05, 0) is 0 Å². The highest BCUT2D eigenvalue weighted by molar-refractivity contribution is 5.61. The number of nitrogens with two attached hydrogens (primary N) is 3. The van der Waals surface area contributed by atoms with Gasteiger partial charge in [0, 0.05) is 13.1 Å². The zero-order valence-electron chi connectivity index (χ0n) is 7.00. The molecule has 7 heteroatoms. The second kappa shape index (κ2) is 3.76. The molecule has 0 aromatic carbocycles. The van der Waals surface area contributed by atoms with Crippen LogP contribution in [0.4, 0.5) is 17.5 Å². The third-order valence-electron chi connectivity index (χ3n) is 1.41. The molecule has 0 fully saturated rings. The zero-order chi connectivity index (χ0) is 9.84. The van der Waals surface area contributed by atoms with Gasteiger partial charge in [-0.25, -0.2) is 0 Å². The van der Waals surface area contributed by atoms with Gasteiger partial charge in [-0.1, -0.05) is 0 Å². The summed E-state index contributed by atoms with van der Waals surface area (Å²) >= 11 is 0. The number of hydrogen-bond donors (Lipinski definition) is 5. The summed E-state index contributed by atoms with van der Waals surface area (Å²) in [5, 5.41) is 2.75. The molecule has 0 saturated heterocycles. The predicted molar refractivity (Wildman–Crippen MR) is 51.2 cm³/mol. The predicted octanol–water partition coefficient (Wildman–Crippen LogP) is -1.70. The van der Waals surface area contributed by atoms with Crippen LogP contribution < -0.4 is 28.1 Å². The lowest BCUT2D eigenvalue weighted by molar-refractivity contribution is 1.01. The monoisotopic (exact) mass is 184 g/mol. The smallest absolute Gasteiger partial charge is 0.277 e. The Morgan fingerprint density at radius 1 is 1.46 bits per heavy atom. The van der Waals surface area contributed by atoms with Crippen LogP contribution >= 0.6 is 0 Å². The van der Waals surface area contributed by atoms with Crippen LogP contribution in [-0.2, 0) is 0 Å². The summed E-state index contributed by atoms with van der Waals surface area (Å²) in [4.78, 5) is 17.2. The third kappa shape index (κ3) is 2.09. The van der Waals surface area contributed by atoms with Crippen molar-refractivity contribution < 1.29 is 0 Å². The van der Waals surface area contributed by atoms with Gasteiger partial charge in [0.2, 0.25) is 5.95 Å². The highest BCUT2D eigenvalue weighted by Crippen LogP contribution is 2.08. The van der Waals surface area contributed by atoms with E-state index < -0.39 is 5.56 Å². The van der Waals surface area contributed by atoms with Crippen LogP contribution in [0.2, 0.25) is 0 Å². The molecule has 13 heavy (non-hydrogen) atoms. The van der Waals surface area contributed by atoms with Gasteiger partial charge >= 0.3 is 0 Å². The van der Waals surface area contributed by atoms with Crippen molar-refractivity contribution in [1.82, 2.24) is 9.97 Å². The van der Waals surface area contributed by atoms with Crippen molar-refractivity contribution in [3.05, 3.63) is 10.4 Å². The number of anilines is 3. The Bertz CT molecular complexity index is 345. The van der Waals surface area contributed by atoms with Crippen LogP contribution in [0.25, 0.3) is 0 Å². The van der Waals surface area contributed by atoms with Crippen molar-refractivity contribution in [3.8, 4) is 0 Å². The Labute approximate surface area is 74.3 Å². The maximum Gasteiger partial charge on any atom is 0.277 e. The lowest BCUT2D eigenvalue weighted by Gasteiger charge is -2.05. The summed E-state index contributed by atoms with van der Waals surface area (Å²) in [5.41, 5.74) is 15.8. The van der Waals surface area contributed by atoms with Gasteiger partial charge in [-0.2, -0.15) is 4.98 Å². The van der Waals surface area contributed by atoms with E-state index in [9.17, 15) is 4.79 Å². The molecule has 0 saturated carbocycles. The number of rotatable bonds is 3. The van der Waals surface area contributed by atoms with Crippen LogP contribution in [0.1, 0.15) is 0 Å². The number of nitrogens with one attached hydrogen (secondary N) is 2. The molecule has 8 N–H and O–H groups in total. The number of aromatic amines is 1. The molecule has 0 bridgehead atoms. The van der Waals surface area contributed by atoms with E-state index in [0.717, 1.165) is 0 Å². The molecule has 0 atom stereocenters. The number of aromatic nitrogens is 2. The molecule has 1 rings (SSSR count). The van der Waals surface area contributed by atoms with Crippen LogP contribution in [0, 0.1) is 0 Å². The van der Waals surface area contributed by atoms with E-state index in [1.807, 2.05) is 0 Å². The molecular formula is C6H12N6O. The molecule has 1 heterocycles. The minimum absolute atomic E-state index is 0.000739. The fourth-order valence-electron chi connectivity index (χ4n) is 0.877. The average molecular weight is 184 g/mol. The van der Waals surface area contributed by atoms with Crippen LogP contribution in [0.15, 0.2) is 4.79 Å². The first kappa shape index (κ1) is 9.33. The van der Waals surface area contributed by atoms with E-state index in [0.29, 0.717) is 13.1 Å². The summed E-state index contributed by atoms with van der Waals surface area (Å²) in [6.45, 7) is 0.863. The highest BCUT2D eigenvalue weighted by atomic mass is 16.1. The molecule has 1 aromatic rings. The van der Waals surface area contributed by atoms with Crippen molar-refractivity contribution in [2.45, 2.75) is 0 Å². The zero-order valence-corrected chi connectivity index (χ0v) is 7.00.